The van der Waals surface area contributed by atoms with Crippen LogP contribution >= 0.6 is 7.60 Å². The number of alkyl halides is 3. The maximum absolute atomic E-state index is 13.0. The van der Waals surface area contributed by atoms with Gasteiger partial charge in [0.05, 0.1) is 19.4 Å². The summed E-state index contributed by atoms with van der Waals surface area (Å²) in [5.41, 5.74) is 1.70. The first-order chi connectivity index (χ1) is 13.8. The highest BCUT2D eigenvalue weighted by Crippen LogP contribution is 2.52. The summed E-state index contributed by atoms with van der Waals surface area (Å²) < 4.78 is 65.8. The van der Waals surface area contributed by atoms with Crippen LogP contribution in [0.2, 0.25) is 0 Å². The molecule has 0 saturated heterocycles. The number of nitrogens with zero attached hydrogens (tertiary/aromatic N) is 3. The van der Waals surface area contributed by atoms with Crippen LogP contribution in [0.1, 0.15) is 23.9 Å². The molecule has 2 aromatic heterocycles. The molecule has 1 aromatic carbocycles. The zero-order chi connectivity index (χ0) is 20.9. The lowest BCUT2D eigenvalue weighted by atomic mass is 10.1. The Morgan fingerprint density at radius 3 is 2.45 bits per heavy atom. The third kappa shape index (κ3) is 5.72. The van der Waals surface area contributed by atoms with Gasteiger partial charge in [-0.25, -0.2) is 0 Å². The smallest absolute Gasteiger partial charge is 0.329 e. The summed E-state index contributed by atoms with van der Waals surface area (Å²) in [7, 11) is -3.44. The van der Waals surface area contributed by atoms with E-state index in [1.807, 2.05) is 0 Å². The molecule has 0 fully saturated rings. The first-order valence-electron chi connectivity index (χ1n) is 8.56. The summed E-state index contributed by atoms with van der Waals surface area (Å²) in [4.78, 5) is 7.31. The van der Waals surface area contributed by atoms with E-state index in [0.29, 0.717) is 11.1 Å². The van der Waals surface area contributed by atoms with Gasteiger partial charge < -0.3 is 13.6 Å². The minimum absolute atomic E-state index is 0.00142. The molecule has 1 unspecified atom stereocenters. The first kappa shape index (κ1) is 21.2. The van der Waals surface area contributed by atoms with Crippen molar-refractivity contribution < 1.29 is 31.3 Å². The van der Waals surface area contributed by atoms with Gasteiger partial charge in [0.15, 0.2) is 0 Å². The maximum Gasteiger partial charge on any atom is 0.471 e. The Hall–Kier alpha value is -2.55. The second-order valence-electron chi connectivity index (χ2n) is 5.94. The Kier molecular flexibility index (Phi) is 6.46. The zero-order valence-corrected chi connectivity index (χ0v) is 16.2. The summed E-state index contributed by atoms with van der Waals surface area (Å²) in [6.45, 7) is 1.98. The third-order valence-electron chi connectivity index (χ3n) is 3.73. The minimum atomic E-state index is -4.71. The highest BCUT2D eigenvalue weighted by atomic mass is 31.2. The van der Waals surface area contributed by atoms with E-state index < -0.39 is 19.7 Å². The number of halogens is 3. The van der Waals surface area contributed by atoms with Crippen LogP contribution in [0.5, 0.6) is 0 Å². The molecule has 3 aromatic rings. The molecule has 0 spiro atoms. The van der Waals surface area contributed by atoms with Crippen molar-refractivity contribution in [2.24, 2.45) is 0 Å². The molecule has 2 heterocycles. The summed E-state index contributed by atoms with van der Waals surface area (Å²) in [6.07, 6.45) is -1.48. The van der Waals surface area contributed by atoms with Crippen LogP contribution in [0, 0.1) is 0 Å². The Balaban J connectivity index is 1.70. The lowest BCUT2D eigenvalue weighted by Crippen LogP contribution is -2.04. The Morgan fingerprint density at radius 2 is 1.86 bits per heavy atom. The van der Waals surface area contributed by atoms with Crippen molar-refractivity contribution in [2.75, 3.05) is 6.61 Å². The van der Waals surface area contributed by atoms with E-state index in [1.165, 1.54) is 12.1 Å². The predicted molar refractivity (Wildman–Crippen MR) is 96.7 cm³/mol. The van der Waals surface area contributed by atoms with E-state index in [1.54, 1.807) is 43.6 Å². The van der Waals surface area contributed by atoms with Crippen molar-refractivity contribution in [1.82, 2.24) is 15.1 Å². The lowest BCUT2D eigenvalue weighted by molar-refractivity contribution is -0.159. The van der Waals surface area contributed by atoms with Crippen molar-refractivity contribution in [2.45, 2.75) is 25.9 Å². The van der Waals surface area contributed by atoms with Gasteiger partial charge in [0, 0.05) is 18.0 Å². The average Bonchev–Trinajstić information content (AvgIpc) is 3.19. The highest BCUT2D eigenvalue weighted by Gasteiger charge is 2.38. The molecular formula is C18H17F3N3O4P. The number of rotatable bonds is 8. The van der Waals surface area contributed by atoms with Crippen molar-refractivity contribution in [3.05, 3.63) is 65.8 Å². The van der Waals surface area contributed by atoms with Gasteiger partial charge in [0.2, 0.25) is 5.82 Å². The van der Waals surface area contributed by atoms with E-state index in [0.717, 1.165) is 5.56 Å². The van der Waals surface area contributed by atoms with Crippen molar-refractivity contribution >= 4 is 7.60 Å². The number of hydrogen-bond donors (Lipinski definition) is 0. The predicted octanol–water partition coefficient (Wildman–Crippen LogP) is 5.10. The summed E-state index contributed by atoms with van der Waals surface area (Å²) in [6, 6.07) is 9.74. The molecule has 0 amide bonds. The van der Waals surface area contributed by atoms with Gasteiger partial charge in [-0.1, -0.05) is 35.5 Å². The average molecular weight is 427 g/mol. The molecule has 0 bridgehead atoms. The molecule has 29 heavy (non-hydrogen) atoms. The third-order valence-corrected chi connectivity index (χ3v) is 5.66. The fourth-order valence-corrected chi connectivity index (χ4v) is 4.07. The molecule has 0 aliphatic heterocycles. The Labute approximate surface area is 164 Å². The summed E-state index contributed by atoms with van der Waals surface area (Å²) in [5, 5.41) is 3.33. The van der Waals surface area contributed by atoms with Crippen LogP contribution in [0.3, 0.4) is 0 Å². The molecular weight excluding hydrogens is 410 g/mol. The molecule has 7 nitrogen and oxygen atoms in total. The second kappa shape index (κ2) is 8.86. The topological polar surface area (TPSA) is 87.3 Å². The van der Waals surface area contributed by atoms with Crippen LogP contribution in [-0.4, -0.2) is 21.7 Å². The summed E-state index contributed by atoms with van der Waals surface area (Å²) in [5.74, 6) is -1.61. The van der Waals surface area contributed by atoms with Gasteiger partial charge in [-0.2, -0.15) is 18.2 Å². The van der Waals surface area contributed by atoms with Gasteiger partial charge in [-0.15, -0.1) is 0 Å². The van der Waals surface area contributed by atoms with Gasteiger partial charge in [0.1, 0.15) is 0 Å². The molecule has 0 N–H and O–H groups in total. The molecule has 11 heteroatoms. The molecule has 0 aliphatic rings. The van der Waals surface area contributed by atoms with Gasteiger partial charge >= 0.3 is 19.7 Å². The van der Waals surface area contributed by atoms with Gasteiger partial charge in [0.25, 0.3) is 0 Å². The van der Waals surface area contributed by atoms with Crippen LogP contribution in [0.15, 0.2) is 53.3 Å². The van der Waals surface area contributed by atoms with E-state index >= 15 is 0 Å². The molecule has 0 saturated carbocycles. The van der Waals surface area contributed by atoms with E-state index in [4.69, 9.17) is 9.05 Å². The van der Waals surface area contributed by atoms with E-state index in [9.17, 15) is 17.7 Å². The van der Waals surface area contributed by atoms with Crippen LogP contribution < -0.4 is 0 Å². The number of hydrogen-bond acceptors (Lipinski definition) is 7. The molecule has 0 radical (unpaired) electrons. The van der Waals surface area contributed by atoms with Crippen LogP contribution in [-0.2, 0) is 32.6 Å². The highest BCUT2D eigenvalue weighted by molar-refractivity contribution is 7.53. The second-order valence-corrected chi connectivity index (χ2v) is 7.99. The van der Waals surface area contributed by atoms with Crippen LogP contribution in [0.4, 0.5) is 13.2 Å². The number of aromatic nitrogens is 3. The largest absolute Gasteiger partial charge is 0.471 e. The first-order valence-corrected chi connectivity index (χ1v) is 10.3. The normalized spacial score (nSPS) is 13.9. The number of pyridine rings is 1. The molecule has 0 aliphatic carbocycles. The number of benzene rings is 1. The minimum Gasteiger partial charge on any atom is -0.329 e. The van der Waals surface area contributed by atoms with E-state index in [2.05, 4.69) is 19.6 Å². The van der Waals surface area contributed by atoms with Gasteiger partial charge in [-0.3, -0.25) is 9.55 Å². The summed E-state index contributed by atoms with van der Waals surface area (Å²) >= 11 is 0. The van der Waals surface area contributed by atoms with Gasteiger partial charge in [-0.05, 0) is 24.1 Å². The fourth-order valence-electron chi connectivity index (χ4n) is 2.42. The molecule has 1 atom stereocenters. The molecule has 154 valence electrons. The van der Waals surface area contributed by atoms with E-state index in [-0.39, 0.29) is 25.2 Å². The quantitative estimate of drug-likeness (QED) is 0.463. The lowest BCUT2D eigenvalue weighted by Gasteiger charge is -2.18. The maximum atomic E-state index is 13.0. The SMILES string of the molecule is CCOP(=O)(Cc1ccc(-c2noc(C(F)(F)F)n2)cc1)OCc1cccnc1. The standard InChI is InChI=1S/C18H17F3N3O4P/c1-2-26-29(25,27-11-14-4-3-9-22-10-14)12-13-5-7-15(8-6-13)16-23-17(28-24-16)18(19,20)21/h3-10H,2,11-12H2,1H3. The Morgan fingerprint density at radius 1 is 1.10 bits per heavy atom. The fraction of sp³-hybridized carbons (Fsp3) is 0.278. The van der Waals surface area contributed by atoms with Crippen molar-refractivity contribution in [3.8, 4) is 11.4 Å². The van der Waals surface area contributed by atoms with Crippen molar-refractivity contribution in [1.29, 1.82) is 0 Å². The zero-order valence-electron chi connectivity index (χ0n) is 15.3. The Bertz CT molecular complexity index is 978. The van der Waals surface area contributed by atoms with Crippen LogP contribution in [0.25, 0.3) is 11.4 Å². The monoisotopic (exact) mass is 427 g/mol. The molecule has 3 rings (SSSR count). The van der Waals surface area contributed by atoms with Crippen molar-refractivity contribution in [3.63, 3.8) is 0 Å².